The van der Waals surface area contributed by atoms with Crippen molar-refractivity contribution in [1.82, 2.24) is 9.97 Å². The number of rotatable bonds is 4. The monoisotopic (exact) mass is 307 g/mol. The van der Waals surface area contributed by atoms with Gasteiger partial charge in [-0.15, -0.1) is 0 Å². The topological polar surface area (TPSA) is 61.0 Å². The molecule has 0 bridgehead atoms. The van der Waals surface area contributed by atoms with E-state index >= 15 is 0 Å². The normalized spacial score (nSPS) is 12.2. The largest absolute Gasteiger partial charge is 0.481 e. The van der Waals surface area contributed by atoms with Crippen molar-refractivity contribution in [3.8, 4) is 5.88 Å². The van der Waals surface area contributed by atoms with Crippen molar-refractivity contribution >= 4 is 15.9 Å². The maximum Gasteiger partial charge on any atom is 0.216 e. The van der Waals surface area contributed by atoms with Gasteiger partial charge in [-0.2, -0.15) is 0 Å². The molecule has 0 saturated heterocycles. The Morgan fingerprint density at radius 3 is 2.89 bits per heavy atom. The van der Waals surface area contributed by atoms with Crippen LogP contribution in [0.2, 0.25) is 0 Å². The minimum Gasteiger partial charge on any atom is -0.481 e. The zero-order valence-corrected chi connectivity index (χ0v) is 11.6. The SMILES string of the molecule is COc1cc(CC(N)c2cccc(Br)c2)ncn1. The molecule has 4 nitrogen and oxygen atoms in total. The van der Waals surface area contributed by atoms with Gasteiger partial charge in [0.25, 0.3) is 0 Å². The molecule has 0 radical (unpaired) electrons. The van der Waals surface area contributed by atoms with Gasteiger partial charge in [0.2, 0.25) is 5.88 Å². The molecule has 2 N–H and O–H groups in total. The van der Waals surface area contributed by atoms with E-state index in [4.69, 9.17) is 10.5 Å². The highest BCUT2D eigenvalue weighted by Gasteiger charge is 2.09. The highest BCUT2D eigenvalue weighted by atomic mass is 79.9. The van der Waals surface area contributed by atoms with Crippen LogP contribution in [0.1, 0.15) is 17.3 Å². The van der Waals surface area contributed by atoms with Crippen molar-refractivity contribution in [3.63, 3.8) is 0 Å². The number of benzene rings is 1. The highest BCUT2D eigenvalue weighted by molar-refractivity contribution is 9.10. The van der Waals surface area contributed by atoms with Crippen LogP contribution in [-0.2, 0) is 6.42 Å². The Morgan fingerprint density at radius 1 is 1.33 bits per heavy atom. The molecule has 2 rings (SSSR count). The van der Waals surface area contributed by atoms with Crippen molar-refractivity contribution in [1.29, 1.82) is 0 Å². The Hall–Kier alpha value is -1.46. The molecule has 1 unspecified atom stereocenters. The molecule has 1 atom stereocenters. The molecule has 0 amide bonds. The third-order valence-corrected chi connectivity index (χ3v) is 3.11. The smallest absolute Gasteiger partial charge is 0.216 e. The Labute approximate surface area is 114 Å². The number of methoxy groups -OCH3 is 1. The fraction of sp³-hybridized carbons (Fsp3) is 0.231. The summed E-state index contributed by atoms with van der Waals surface area (Å²) in [6.07, 6.45) is 2.14. The van der Waals surface area contributed by atoms with Gasteiger partial charge in [0.05, 0.1) is 7.11 Å². The van der Waals surface area contributed by atoms with Gasteiger partial charge in [0.1, 0.15) is 6.33 Å². The maximum absolute atomic E-state index is 6.17. The summed E-state index contributed by atoms with van der Waals surface area (Å²) >= 11 is 3.44. The minimum absolute atomic E-state index is 0.0953. The van der Waals surface area contributed by atoms with Gasteiger partial charge in [-0.1, -0.05) is 28.1 Å². The van der Waals surface area contributed by atoms with E-state index in [9.17, 15) is 0 Å². The van der Waals surface area contributed by atoms with E-state index < -0.39 is 0 Å². The minimum atomic E-state index is -0.0953. The summed E-state index contributed by atoms with van der Waals surface area (Å²) in [5.74, 6) is 0.557. The molecular formula is C13H14BrN3O. The van der Waals surface area contributed by atoms with E-state index in [2.05, 4.69) is 25.9 Å². The lowest BCUT2D eigenvalue weighted by Gasteiger charge is -2.12. The van der Waals surface area contributed by atoms with Crippen LogP contribution in [-0.4, -0.2) is 17.1 Å². The first kappa shape index (κ1) is 13.0. The van der Waals surface area contributed by atoms with E-state index in [1.165, 1.54) is 6.33 Å². The molecule has 0 spiro atoms. The van der Waals surface area contributed by atoms with Crippen LogP contribution in [0.4, 0.5) is 0 Å². The number of hydrogen-bond acceptors (Lipinski definition) is 4. The van der Waals surface area contributed by atoms with Crippen LogP contribution >= 0.6 is 15.9 Å². The maximum atomic E-state index is 6.17. The molecule has 94 valence electrons. The molecule has 0 aliphatic heterocycles. The summed E-state index contributed by atoms with van der Waals surface area (Å²) in [7, 11) is 1.58. The van der Waals surface area contributed by atoms with E-state index in [1.54, 1.807) is 13.2 Å². The molecule has 1 aromatic carbocycles. The summed E-state index contributed by atoms with van der Waals surface area (Å²) in [6.45, 7) is 0. The second kappa shape index (κ2) is 5.93. The van der Waals surface area contributed by atoms with Crippen molar-refractivity contribution in [3.05, 3.63) is 52.4 Å². The molecule has 0 aliphatic carbocycles. The first-order chi connectivity index (χ1) is 8.69. The van der Waals surface area contributed by atoms with E-state index in [-0.39, 0.29) is 6.04 Å². The average Bonchev–Trinajstić information content (AvgIpc) is 2.39. The number of nitrogens with two attached hydrogens (primary N) is 1. The first-order valence-corrected chi connectivity index (χ1v) is 6.34. The number of halogens is 1. The zero-order valence-electron chi connectivity index (χ0n) is 10.0. The lowest BCUT2D eigenvalue weighted by molar-refractivity contribution is 0.395. The quantitative estimate of drug-likeness (QED) is 0.942. The fourth-order valence-corrected chi connectivity index (χ4v) is 2.10. The number of aromatic nitrogens is 2. The van der Waals surface area contributed by atoms with Crippen molar-refractivity contribution in [2.45, 2.75) is 12.5 Å². The van der Waals surface area contributed by atoms with E-state index in [0.29, 0.717) is 12.3 Å². The Kier molecular flexibility index (Phi) is 4.28. The zero-order chi connectivity index (χ0) is 13.0. The molecule has 0 fully saturated rings. The van der Waals surface area contributed by atoms with Crippen LogP contribution in [0.5, 0.6) is 5.88 Å². The number of ether oxygens (including phenoxy) is 1. The van der Waals surface area contributed by atoms with Crippen molar-refractivity contribution in [2.24, 2.45) is 5.73 Å². The summed E-state index contributed by atoms with van der Waals surface area (Å²) in [6, 6.07) is 9.68. The highest BCUT2D eigenvalue weighted by Crippen LogP contribution is 2.20. The first-order valence-electron chi connectivity index (χ1n) is 5.55. The second-order valence-corrected chi connectivity index (χ2v) is 4.83. The van der Waals surface area contributed by atoms with Crippen LogP contribution < -0.4 is 10.5 Å². The Balaban J connectivity index is 2.13. The van der Waals surface area contributed by atoms with Gasteiger partial charge in [-0.3, -0.25) is 0 Å². The van der Waals surface area contributed by atoms with Gasteiger partial charge in [0, 0.05) is 28.7 Å². The second-order valence-electron chi connectivity index (χ2n) is 3.92. The van der Waals surface area contributed by atoms with Gasteiger partial charge >= 0.3 is 0 Å². The summed E-state index contributed by atoms with van der Waals surface area (Å²) in [4.78, 5) is 8.16. The third kappa shape index (κ3) is 3.27. The van der Waals surface area contributed by atoms with Gasteiger partial charge in [-0.25, -0.2) is 9.97 Å². The standard InChI is InChI=1S/C13H14BrN3O/c1-18-13-7-11(16-8-17-13)6-12(15)9-3-2-4-10(14)5-9/h2-5,7-8,12H,6,15H2,1H3. The predicted molar refractivity (Wildman–Crippen MR) is 73.4 cm³/mol. The molecule has 0 aliphatic rings. The molecule has 5 heteroatoms. The number of nitrogens with zero attached hydrogens (tertiary/aromatic N) is 2. The fourth-order valence-electron chi connectivity index (χ4n) is 1.68. The van der Waals surface area contributed by atoms with Gasteiger partial charge < -0.3 is 10.5 Å². The third-order valence-electron chi connectivity index (χ3n) is 2.61. The van der Waals surface area contributed by atoms with Crippen molar-refractivity contribution in [2.75, 3.05) is 7.11 Å². The molecule has 2 aromatic rings. The van der Waals surface area contributed by atoms with E-state index in [1.807, 2.05) is 24.3 Å². The summed E-state index contributed by atoms with van der Waals surface area (Å²) in [5, 5.41) is 0. The summed E-state index contributed by atoms with van der Waals surface area (Å²) in [5.41, 5.74) is 8.11. The Morgan fingerprint density at radius 2 is 2.17 bits per heavy atom. The predicted octanol–water partition coefficient (Wildman–Crippen LogP) is 2.49. The van der Waals surface area contributed by atoms with Crippen molar-refractivity contribution < 1.29 is 4.74 Å². The van der Waals surface area contributed by atoms with Gasteiger partial charge in [0.15, 0.2) is 0 Å². The van der Waals surface area contributed by atoms with E-state index in [0.717, 1.165) is 15.7 Å². The van der Waals surface area contributed by atoms with Crippen LogP contribution in [0.3, 0.4) is 0 Å². The molecule has 1 heterocycles. The van der Waals surface area contributed by atoms with Gasteiger partial charge in [-0.05, 0) is 17.7 Å². The molecule has 18 heavy (non-hydrogen) atoms. The van der Waals surface area contributed by atoms with Crippen LogP contribution in [0.15, 0.2) is 41.1 Å². The molecule has 0 saturated carbocycles. The number of hydrogen-bond donors (Lipinski definition) is 1. The van der Waals surface area contributed by atoms with Crippen LogP contribution in [0, 0.1) is 0 Å². The molecular weight excluding hydrogens is 294 g/mol. The van der Waals surface area contributed by atoms with Crippen LogP contribution in [0.25, 0.3) is 0 Å². The summed E-state index contributed by atoms with van der Waals surface area (Å²) < 4.78 is 6.09. The lowest BCUT2D eigenvalue weighted by Crippen LogP contribution is -2.14. The Bertz CT molecular complexity index is 533. The lowest BCUT2D eigenvalue weighted by atomic mass is 10.0. The molecule has 1 aromatic heterocycles. The average molecular weight is 308 g/mol.